The van der Waals surface area contributed by atoms with Crippen LogP contribution in [0, 0.1) is 0 Å². The molecule has 1 aliphatic rings. The van der Waals surface area contributed by atoms with Crippen molar-refractivity contribution in [2.45, 2.75) is 52.0 Å². The van der Waals surface area contributed by atoms with Crippen LogP contribution in [0.2, 0.25) is 0 Å². The van der Waals surface area contributed by atoms with E-state index >= 15 is 0 Å². The number of ether oxygens (including phenoxy) is 1. The molecule has 0 heterocycles. The molecule has 3 nitrogen and oxygen atoms in total. The molecule has 0 aromatic heterocycles. The normalized spacial score (nSPS) is 18.7. The van der Waals surface area contributed by atoms with Crippen LogP contribution in [-0.4, -0.2) is 36.1 Å². The number of rotatable bonds is 6. The number of carbonyl (C=O) groups is 1. The Hall–Kier alpha value is -0.570. The lowest BCUT2D eigenvalue weighted by Gasteiger charge is -2.49. The van der Waals surface area contributed by atoms with Gasteiger partial charge in [-0.15, -0.1) is 0 Å². The molecule has 1 rings (SSSR count). The number of hydrogen-bond acceptors (Lipinski definition) is 3. The summed E-state index contributed by atoms with van der Waals surface area (Å²) in [5.41, 5.74) is 0.121. The van der Waals surface area contributed by atoms with Crippen molar-refractivity contribution in [1.29, 1.82) is 0 Å². The van der Waals surface area contributed by atoms with Crippen molar-refractivity contribution in [2.75, 3.05) is 19.7 Å². The monoisotopic (exact) mass is 213 g/mol. The zero-order chi connectivity index (χ0) is 11.3. The molecule has 15 heavy (non-hydrogen) atoms. The second kappa shape index (κ2) is 5.50. The highest BCUT2D eigenvalue weighted by atomic mass is 16.5. The van der Waals surface area contributed by atoms with Gasteiger partial charge in [0.05, 0.1) is 13.0 Å². The average Bonchev–Trinajstić information content (AvgIpc) is 2.16. The van der Waals surface area contributed by atoms with E-state index in [0.717, 1.165) is 25.9 Å². The van der Waals surface area contributed by atoms with Crippen molar-refractivity contribution in [3.05, 3.63) is 0 Å². The molecule has 88 valence electrons. The molecule has 3 heteroatoms. The molecule has 0 aromatic rings. The van der Waals surface area contributed by atoms with E-state index in [2.05, 4.69) is 18.7 Å². The van der Waals surface area contributed by atoms with E-state index in [-0.39, 0.29) is 11.5 Å². The topological polar surface area (TPSA) is 29.5 Å². The third kappa shape index (κ3) is 2.71. The standard InChI is InChI=1S/C12H23NO2/c1-4-13(5-2)12(8-7-9-12)10-11(14)15-6-3/h4-10H2,1-3H3. The van der Waals surface area contributed by atoms with Crippen LogP contribution < -0.4 is 0 Å². The lowest BCUT2D eigenvalue weighted by Crippen LogP contribution is -2.54. The molecule has 1 fully saturated rings. The first-order valence-corrected chi connectivity index (χ1v) is 6.09. The first-order valence-electron chi connectivity index (χ1n) is 6.09. The van der Waals surface area contributed by atoms with Crippen LogP contribution in [0.15, 0.2) is 0 Å². The number of carbonyl (C=O) groups excluding carboxylic acids is 1. The van der Waals surface area contributed by atoms with Gasteiger partial charge in [0.25, 0.3) is 0 Å². The summed E-state index contributed by atoms with van der Waals surface area (Å²) in [6.45, 7) is 8.73. The lowest BCUT2D eigenvalue weighted by molar-refractivity contribution is -0.148. The Morgan fingerprint density at radius 2 is 1.87 bits per heavy atom. The first-order chi connectivity index (χ1) is 7.18. The molecular weight excluding hydrogens is 190 g/mol. The van der Waals surface area contributed by atoms with Crippen molar-refractivity contribution in [3.63, 3.8) is 0 Å². The highest BCUT2D eigenvalue weighted by molar-refractivity contribution is 5.71. The second-order valence-electron chi connectivity index (χ2n) is 4.23. The quantitative estimate of drug-likeness (QED) is 0.633. The van der Waals surface area contributed by atoms with Crippen LogP contribution in [0.4, 0.5) is 0 Å². The summed E-state index contributed by atoms with van der Waals surface area (Å²) in [6.07, 6.45) is 4.11. The van der Waals surface area contributed by atoms with Crippen LogP contribution in [-0.2, 0) is 9.53 Å². The Morgan fingerprint density at radius 3 is 2.20 bits per heavy atom. The second-order valence-corrected chi connectivity index (χ2v) is 4.23. The Balaban J connectivity index is 2.56. The van der Waals surface area contributed by atoms with Crippen LogP contribution in [0.3, 0.4) is 0 Å². The molecule has 0 spiro atoms. The minimum atomic E-state index is -0.0379. The van der Waals surface area contributed by atoms with Gasteiger partial charge in [0.15, 0.2) is 0 Å². The predicted octanol–water partition coefficient (Wildman–Crippen LogP) is 2.20. The van der Waals surface area contributed by atoms with Crippen molar-refractivity contribution >= 4 is 5.97 Å². The summed E-state index contributed by atoms with van der Waals surface area (Å²) < 4.78 is 5.05. The van der Waals surface area contributed by atoms with Gasteiger partial charge in [-0.1, -0.05) is 13.8 Å². The van der Waals surface area contributed by atoms with Gasteiger partial charge >= 0.3 is 5.97 Å². The fourth-order valence-corrected chi connectivity index (χ4v) is 2.56. The van der Waals surface area contributed by atoms with Gasteiger partial charge in [-0.05, 0) is 39.3 Å². The van der Waals surface area contributed by atoms with Crippen molar-refractivity contribution in [2.24, 2.45) is 0 Å². The molecule has 0 bridgehead atoms. The van der Waals surface area contributed by atoms with Crippen LogP contribution >= 0.6 is 0 Å². The minimum Gasteiger partial charge on any atom is -0.466 e. The summed E-state index contributed by atoms with van der Waals surface area (Å²) in [5.74, 6) is -0.0379. The van der Waals surface area contributed by atoms with Crippen LogP contribution in [0.5, 0.6) is 0 Å². The zero-order valence-electron chi connectivity index (χ0n) is 10.2. The maximum atomic E-state index is 11.5. The Bertz CT molecular complexity index is 208. The molecule has 0 atom stereocenters. The maximum absolute atomic E-state index is 11.5. The fraction of sp³-hybridized carbons (Fsp3) is 0.917. The first kappa shape index (κ1) is 12.5. The third-order valence-electron chi connectivity index (χ3n) is 3.50. The largest absolute Gasteiger partial charge is 0.466 e. The molecule has 1 aliphatic carbocycles. The Morgan fingerprint density at radius 1 is 1.27 bits per heavy atom. The minimum absolute atomic E-state index is 0.0379. The molecule has 0 N–H and O–H groups in total. The van der Waals surface area contributed by atoms with E-state index < -0.39 is 0 Å². The molecule has 0 radical (unpaired) electrons. The van der Waals surface area contributed by atoms with Gasteiger partial charge in [0.2, 0.25) is 0 Å². The maximum Gasteiger partial charge on any atom is 0.307 e. The molecule has 1 saturated carbocycles. The molecule has 0 aliphatic heterocycles. The molecule has 0 unspecified atom stereocenters. The molecule has 0 aromatic carbocycles. The van der Waals surface area contributed by atoms with E-state index in [1.165, 1.54) is 6.42 Å². The van der Waals surface area contributed by atoms with Crippen LogP contribution in [0.1, 0.15) is 46.5 Å². The predicted molar refractivity (Wildman–Crippen MR) is 60.8 cm³/mol. The number of nitrogens with zero attached hydrogens (tertiary/aromatic N) is 1. The fourth-order valence-electron chi connectivity index (χ4n) is 2.56. The van der Waals surface area contributed by atoms with E-state index in [0.29, 0.717) is 13.0 Å². The van der Waals surface area contributed by atoms with E-state index in [4.69, 9.17) is 4.74 Å². The van der Waals surface area contributed by atoms with E-state index in [1.807, 2.05) is 6.92 Å². The smallest absolute Gasteiger partial charge is 0.307 e. The van der Waals surface area contributed by atoms with Gasteiger partial charge in [0, 0.05) is 5.54 Å². The van der Waals surface area contributed by atoms with Gasteiger partial charge in [-0.3, -0.25) is 9.69 Å². The van der Waals surface area contributed by atoms with Gasteiger partial charge < -0.3 is 4.74 Å². The summed E-state index contributed by atoms with van der Waals surface area (Å²) in [4.78, 5) is 13.9. The van der Waals surface area contributed by atoms with Crippen LogP contribution in [0.25, 0.3) is 0 Å². The van der Waals surface area contributed by atoms with E-state index in [1.54, 1.807) is 0 Å². The summed E-state index contributed by atoms with van der Waals surface area (Å²) >= 11 is 0. The molecule has 0 amide bonds. The van der Waals surface area contributed by atoms with Gasteiger partial charge in [0.1, 0.15) is 0 Å². The molecule has 0 saturated heterocycles. The van der Waals surface area contributed by atoms with Crippen molar-refractivity contribution in [3.8, 4) is 0 Å². The Kier molecular flexibility index (Phi) is 4.58. The summed E-state index contributed by atoms with van der Waals surface area (Å²) in [6, 6.07) is 0. The SMILES string of the molecule is CCOC(=O)CC1(N(CC)CC)CCC1. The highest BCUT2D eigenvalue weighted by Gasteiger charge is 2.43. The summed E-state index contributed by atoms with van der Waals surface area (Å²) in [5, 5.41) is 0. The average molecular weight is 213 g/mol. The number of esters is 1. The molecular formula is C12H23NO2. The van der Waals surface area contributed by atoms with E-state index in [9.17, 15) is 4.79 Å². The highest BCUT2D eigenvalue weighted by Crippen LogP contribution is 2.40. The van der Waals surface area contributed by atoms with Crippen molar-refractivity contribution in [1.82, 2.24) is 4.90 Å². The van der Waals surface area contributed by atoms with Gasteiger partial charge in [-0.25, -0.2) is 0 Å². The van der Waals surface area contributed by atoms with Gasteiger partial charge in [-0.2, -0.15) is 0 Å². The Labute approximate surface area is 92.8 Å². The number of hydrogen-bond donors (Lipinski definition) is 0. The third-order valence-corrected chi connectivity index (χ3v) is 3.50. The van der Waals surface area contributed by atoms with Crippen molar-refractivity contribution < 1.29 is 9.53 Å². The lowest BCUT2D eigenvalue weighted by atomic mass is 9.73. The summed E-state index contributed by atoms with van der Waals surface area (Å²) in [7, 11) is 0. The zero-order valence-corrected chi connectivity index (χ0v) is 10.2.